The van der Waals surface area contributed by atoms with Gasteiger partial charge in [0.15, 0.2) is 18.7 Å². The number of hydrogen-bond donors (Lipinski definition) is 2. The molecule has 2 heterocycles. The van der Waals surface area contributed by atoms with E-state index >= 15 is 0 Å². The van der Waals surface area contributed by atoms with Gasteiger partial charge in [-0.3, -0.25) is 4.98 Å². The summed E-state index contributed by atoms with van der Waals surface area (Å²) in [5, 5.41) is 32.7. The van der Waals surface area contributed by atoms with Crippen LogP contribution in [0.15, 0.2) is 85.5 Å². The summed E-state index contributed by atoms with van der Waals surface area (Å²) in [4.78, 5) is 3.97. The van der Waals surface area contributed by atoms with Gasteiger partial charge in [0.25, 0.3) is 0 Å². The van der Waals surface area contributed by atoms with Crippen molar-refractivity contribution < 1.29 is 14.9 Å². The summed E-state index contributed by atoms with van der Waals surface area (Å²) in [5.74, 6) is 0. The number of aromatic nitrogens is 2. The minimum absolute atomic E-state index is 0.0666. The molecule has 0 atom stereocenters. The number of benzene rings is 3. The fourth-order valence-corrected chi connectivity index (χ4v) is 5.56. The Morgan fingerprint density at radius 1 is 0.581 bits per heavy atom. The molecular formula is C31H23Cl7N2O3. The highest BCUT2D eigenvalue weighted by molar-refractivity contribution is 6.39. The topological polar surface area (TPSA) is 80.3 Å². The van der Waals surface area contributed by atoms with Crippen molar-refractivity contribution in [3.8, 4) is 22.3 Å². The number of hydrogen-bond acceptors (Lipinski definition) is 4. The van der Waals surface area contributed by atoms with Crippen LogP contribution < -0.4 is 4.73 Å². The van der Waals surface area contributed by atoms with Crippen molar-refractivity contribution in [3.63, 3.8) is 0 Å². The molecule has 5 aromatic rings. The maximum atomic E-state index is 10.9. The molecule has 0 aliphatic heterocycles. The summed E-state index contributed by atoms with van der Waals surface area (Å²) >= 11 is 41.2. The Hall–Kier alpha value is -2.29. The SMILES string of the molecule is Cc1c(Cl)cc(-c2ccncc2)cc1Cl.Cc1c(Cl)cc(Cl)cc1Cl.[O-][n+]1ccc(-c2cc(Cl)c(C(O)O)c(Cl)c2)cc1. The molecule has 5 rings (SSSR count). The first-order valence-corrected chi connectivity index (χ1v) is 14.9. The average Bonchev–Trinajstić information content (AvgIpc) is 2.95. The van der Waals surface area contributed by atoms with Crippen LogP contribution in [0.2, 0.25) is 35.2 Å². The van der Waals surface area contributed by atoms with Gasteiger partial charge in [-0.1, -0.05) is 81.2 Å². The van der Waals surface area contributed by atoms with E-state index in [1.54, 1.807) is 48.8 Å². The van der Waals surface area contributed by atoms with E-state index < -0.39 is 6.29 Å². The maximum Gasteiger partial charge on any atom is 0.181 e. The number of halogens is 7. The van der Waals surface area contributed by atoms with E-state index in [4.69, 9.17) is 91.4 Å². The van der Waals surface area contributed by atoms with Gasteiger partial charge in [0, 0.05) is 55.2 Å². The van der Waals surface area contributed by atoms with Crippen LogP contribution in [0, 0.1) is 19.1 Å². The Balaban J connectivity index is 0.000000184. The summed E-state index contributed by atoms with van der Waals surface area (Å²) in [5.41, 5.74) is 5.37. The highest BCUT2D eigenvalue weighted by atomic mass is 35.5. The van der Waals surface area contributed by atoms with E-state index in [1.807, 2.05) is 38.1 Å². The van der Waals surface area contributed by atoms with E-state index in [1.165, 1.54) is 12.4 Å². The summed E-state index contributed by atoms with van der Waals surface area (Å²) in [6, 6.07) is 17.4. The standard InChI is InChI=1S/C12H9Cl2NO3.C12H9Cl2N.C7H5Cl3/c13-9-5-8(6-10(14)11(9)12(16)17)7-1-3-15(18)4-2-7;1-8-11(13)6-10(7-12(8)14)9-2-4-15-5-3-9;1-4-6(9)2-5(8)3-7(4)10/h1-6,12,16-17H;2-7H,1H3;2-3H,1H3. The van der Waals surface area contributed by atoms with E-state index in [-0.39, 0.29) is 15.6 Å². The molecule has 0 aliphatic carbocycles. The fraction of sp³-hybridized carbons (Fsp3) is 0.0968. The number of aliphatic hydroxyl groups excluding tert-OH is 1. The van der Waals surface area contributed by atoms with Crippen molar-refractivity contribution in [2.75, 3.05) is 0 Å². The predicted octanol–water partition coefficient (Wildman–Crippen LogP) is 10.6. The van der Waals surface area contributed by atoms with Gasteiger partial charge in [0.05, 0.1) is 10.0 Å². The Morgan fingerprint density at radius 3 is 1.37 bits per heavy atom. The van der Waals surface area contributed by atoms with Crippen LogP contribution in [0.3, 0.4) is 0 Å². The third-order valence-corrected chi connectivity index (χ3v) is 8.43. The number of rotatable bonds is 3. The van der Waals surface area contributed by atoms with Gasteiger partial charge in [-0.05, 0) is 95.8 Å². The van der Waals surface area contributed by atoms with Gasteiger partial charge in [-0.15, -0.1) is 0 Å². The molecule has 0 saturated carbocycles. The zero-order valence-corrected chi connectivity index (χ0v) is 27.8. The van der Waals surface area contributed by atoms with Crippen LogP contribution in [0.25, 0.3) is 22.3 Å². The van der Waals surface area contributed by atoms with Crippen molar-refractivity contribution in [3.05, 3.63) is 143 Å². The second-order valence-corrected chi connectivity index (χ2v) is 11.8. The molecule has 0 bridgehead atoms. The average molecular weight is 720 g/mol. The van der Waals surface area contributed by atoms with Gasteiger partial charge in [0.2, 0.25) is 0 Å². The molecule has 0 fully saturated rings. The molecule has 2 N–H and O–H groups in total. The van der Waals surface area contributed by atoms with Gasteiger partial charge in [0.1, 0.15) is 0 Å². The number of nitrogens with zero attached hydrogens (tertiary/aromatic N) is 2. The molecular weight excluding hydrogens is 697 g/mol. The highest BCUT2D eigenvalue weighted by Crippen LogP contribution is 2.34. The first-order chi connectivity index (χ1) is 20.3. The lowest BCUT2D eigenvalue weighted by atomic mass is 10.0. The smallest absolute Gasteiger partial charge is 0.181 e. The molecule has 224 valence electrons. The lowest BCUT2D eigenvalue weighted by Crippen LogP contribution is -2.23. The van der Waals surface area contributed by atoms with Gasteiger partial charge in [-0.2, -0.15) is 4.73 Å². The van der Waals surface area contributed by atoms with E-state index in [0.717, 1.165) is 27.8 Å². The number of pyridine rings is 2. The Morgan fingerprint density at radius 2 is 0.953 bits per heavy atom. The fourth-order valence-electron chi connectivity index (χ4n) is 3.57. The number of aliphatic hydroxyl groups is 2. The summed E-state index contributed by atoms with van der Waals surface area (Å²) in [6.07, 6.45) is 4.48. The lowest BCUT2D eigenvalue weighted by molar-refractivity contribution is -0.605. The van der Waals surface area contributed by atoms with E-state index in [9.17, 15) is 5.21 Å². The molecule has 0 amide bonds. The zero-order chi connectivity index (χ0) is 31.8. The Bertz CT molecular complexity index is 1630. The van der Waals surface area contributed by atoms with Gasteiger partial charge >= 0.3 is 0 Å². The van der Waals surface area contributed by atoms with Gasteiger partial charge < -0.3 is 15.4 Å². The monoisotopic (exact) mass is 716 g/mol. The molecule has 0 radical (unpaired) electrons. The van der Waals surface area contributed by atoms with Crippen molar-refractivity contribution >= 4 is 81.2 Å². The van der Waals surface area contributed by atoms with Crippen molar-refractivity contribution in [1.82, 2.24) is 4.98 Å². The Labute approximate surface area is 284 Å². The largest absolute Gasteiger partial charge is 0.619 e. The summed E-state index contributed by atoms with van der Waals surface area (Å²) in [6.45, 7) is 3.75. The molecule has 43 heavy (non-hydrogen) atoms. The van der Waals surface area contributed by atoms with E-state index in [2.05, 4.69) is 4.98 Å². The van der Waals surface area contributed by atoms with Gasteiger partial charge in [-0.25, -0.2) is 0 Å². The van der Waals surface area contributed by atoms with Crippen molar-refractivity contribution in [2.24, 2.45) is 0 Å². The van der Waals surface area contributed by atoms with Crippen LogP contribution >= 0.6 is 81.2 Å². The van der Waals surface area contributed by atoms with Crippen LogP contribution in [-0.4, -0.2) is 15.2 Å². The summed E-state index contributed by atoms with van der Waals surface area (Å²) < 4.78 is 0.665. The summed E-state index contributed by atoms with van der Waals surface area (Å²) in [7, 11) is 0. The van der Waals surface area contributed by atoms with Crippen LogP contribution in [0.4, 0.5) is 0 Å². The third kappa shape index (κ3) is 9.85. The molecule has 2 aromatic heterocycles. The maximum absolute atomic E-state index is 10.9. The zero-order valence-electron chi connectivity index (χ0n) is 22.5. The predicted molar refractivity (Wildman–Crippen MR) is 179 cm³/mol. The molecule has 0 aliphatic rings. The molecule has 0 saturated heterocycles. The molecule has 0 unspecified atom stereocenters. The van der Waals surface area contributed by atoms with Crippen LogP contribution in [0.5, 0.6) is 0 Å². The van der Waals surface area contributed by atoms with Crippen molar-refractivity contribution in [1.29, 1.82) is 0 Å². The highest BCUT2D eigenvalue weighted by Gasteiger charge is 2.15. The first kappa shape index (κ1) is 35.2. The quantitative estimate of drug-likeness (QED) is 0.111. The second kappa shape index (κ2) is 16.1. The first-order valence-electron chi connectivity index (χ1n) is 12.3. The normalized spacial score (nSPS) is 10.5. The minimum Gasteiger partial charge on any atom is -0.619 e. The molecule has 0 spiro atoms. The molecule has 12 heteroatoms. The molecule has 5 nitrogen and oxygen atoms in total. The van der Waals surface area contributed by atoms with Crippen molar-refractivity contribution in [2.45, 2.75) is 20.1 Å². The second-order valence-electron chi connectivity index (χ2n) is 8.97. The molecule has 3 aromatic carbocycles. The minimum atomic E-state index is -1.72. The van der Waals surface area contributed by atoms with E-state index in [0.29, 0.717) is 35.4 Å². The Kier molecular flexibility index (Phi) is 13.2. The lowest BCUT2D eigenvalue weighted by Gasteiger charge is -2.11. The van der Waals surface area contributed by atoms with Crippen LogP contribution in [-0.2, 0) is 0 Å². The van der Waals surface area contributed by atoms with Crippen LogP contribution in [0.1, 0.15) is 23.0 Å². The third-order valence-electron chi connectivity index (χ3n) is 6.01.